The number of rotatable bonds is 9. The number of amides is 2. The summed E-state index contributed by atoms with van der Waals surface area (Å²) in [5.74, 6) is -1.56. The number of hydrogen-bond donors (Lipinski definition) is 3. The van der Waals surface area contributed by atoms with Gasteiger partial charge in [-0.3, -0.25) is 14.4 Å². The zero-order valence-corrected chi connectivity index (χ0v) is 13.6. The van der Waals surface area contributed by atoms with Gasteiger partial charge in [-0.25, -0.2) is 0 Å². The summed E-state index contributed by atoms with van der Waals surface area (Å²) in [6.45, 7) is 3.47. The van der Waals surface area contributed by atoms with E-state index in [-0.39, 0.29) is 31.3 Å². The molecule has 0 spiro atoms. The van der Waals surface area contributed by atoms with Crippen molar-refractivity contribution in [3.05, 3.63) is 35.9 Å². The molecule has 0 aromatic heterocycles. The van der Waals surface area contributed by atoms with E-state index in [0.29, 0.717) is 12.8 Å². The summed E-state index contributed by atoms with van der Waals surface area (Å²) >= 11 is 0. The minimum Gasteiger partial charge on any atom is -0.481 e. The first kappa shape index (κ1) is 18.7. The normalized spacial score (nSPS) is 10.9. The topological polar surface area (TPSA) is 95.5 Å². The van der Waals surface area contributed by atoms with Gasteiger partial charge in [0.15, 0.2) is 0 Å². The molecule has 0 aliphatic carbocycles. The number of nitrogens with one attached hydrogen (secondary N) is 2. The van der Waals surface area contributed by atoms with E-state index in [2.05, 4.69) is 10.6 Å². The molecule has 6 heteroatoms. The Kier molecular flexibility index (Phi) is 7.25. The molecule has 0 fully saturated rings. The molecule has 0 heterocycles. The molecule has 1 aromatic rings. The zero-order valence-electron chi connectivity index (χ0n) is 13.6. The standard InChI is InChI=1S/C17H24N2O4/c1-3-17(4-2,16(22)23)12-19-15(21)11-18-14(20)10-13-8-6-5-7-9-13/h5-9H,3-4,10-12H2,1-2H3,(H,18,20)(H,19,21)(H,22,23). The lowest BCUT2D eigenvalue weighted by atomic mass is 9.82. The van der Waals surface area contributed by atoms with Crippen LogP contribution in [0.15, 0.2) is 30.3 Å². The molecule has 0 bridgehead atoms. The lowest BCUT2D eigenvalue weighted by molar-refractivity contribution is -0.149. The van der Waals surface area contributed by atoms with Crippen LogP contribution >= 0.6 is 0 Å². The fraction of sp³-hybridized carbons (Fsp3) is 0.471. The van der Waals surface area contributed by atoms with Crippen molar-refractivity contribution in [3.8, 4) is 0 Å². The van der Waals surface area contributed by atoms with Crippen molar-refractivity contribution < 1.29 is 19.5 Å². The fourth-order valence-corrected chi connectivity index (χ4v) is 2.23. The number of benzene rings is 1. The van der Waals surface area contributed by atoms with Crippen LogP contribution in [-0.4, -0.2) is 36.0 Å². The molecule has 126 valence electrons. The first-order valence-electron chi connectivity index (χ1n) is 7.74. The van der Waals surface area contributed by atoms with Crippen molar-refractivity contribution in [3.63, 3.8) is 0 Å². The van der Waals surface area contributed by atoms with E-state index >= 15 is 0 Å². The Morgan fingerprint density at radius 3 is 2.13 bits per heavy atom. The van der Waals surface area contributed by atoms with Gasteiger partial charge in [-0.1, -0.05) is 44.2 Å². The number of carboxylic acid groups (broad SMARTS) is 1. The Balaban J connectivity index is 2.39. The van der Waals surface area contributed by atoms with Crippen LogP contribution in [0.2, 0.25) is 0 Å². The van der Waals surface area contributed by atoms with Gasteiger partial charge in [-0.05, 0) is 18.4 Å². The van der Waals surface area contributed by atoms with Crippen molar-refractivity contribution in [1.29, 1.82) is 0 Å². The summed E-state index contributed by atoms with van der Waals surface area (Å²) in [4.78, 5) is 34.9. The van der Waals surface area contributed by atoms with Gasteiger partial charge in [0, 0.05) is 6.54 Å². The van der Waals surface area contributed by atoms with E-state index < -0.39 is 11.4 Å². The van der Waals surface area contributed by atoms with Gasteiger partial charge in [-0.2, -0.15) is 0 Å². The number of hydrogen-bond acceptors (Lipinski definition) is 3. The summed E-state index contributed by atoms with van der Waals surface area (Å²) in [6.07, 6.45) is 1.07. The Labute approximate surface area is 136 Å². The van der Waals surface area contributed by atoms with Crippen molar-refractivity contribution in [1.82, 2.24) is 10.6 Å². The second-order valence-corrected chi connectivity index (χ2v) is 5.51. The third-order valence-electron chi connectivity index (χ3n) is 4.08. The molecule has 1 aromatic carbocycles. The SMILES string of the molecule is CCC(CC)(CNC(=O)CNC(=O)Cc1ccccc1)C(=O)O. The summed E-state index contributed by atoms with van der Waals surface area (Å²) in [6, 6.07) is 9.23. The van der Waals surface area contributed by atoms with Crippen LogP contribution in [0.5, 0.6) is 0 Å². The molecule has 6 nitrogen and oxygen atoms in total. The number of aliphatic carboxylic acids is 1. The van der Waals surface area contributed by atoms with Gasteiger partial charge in [-0.15, -0.1) is 0 Å². The molecule has 0 aliphatic rings. The molecule has 0 atom stereocenters. The van der Waals surface area contributed by atoms with Gasteiger partial charge >= 0.3 is 5.97 Å². The zero-order chi connectivity index (χ0) is 17.3. The second-order valence-electron chi connectivity index (χ2n) is 5.51. The van der Waals surface area contributed by atoms with Gasteiger partial charge in [0.05, 0.1) is 18.4 Å². The van der Waals surface area contributed by atoms with Gasteiger partial charge < -0.3 is 15.7 Å². The third-order valence-corrected chi connectivity index (χ3v) is 4.08. The quantitative estimate of drug-likeness (QED) is 0.640. The van der Waals surface area contributed by atoms with E-state index in [1.54, 1.807) is 13.8 Å². The summed E-state index contributed by atoms with van der Waals surface area (Å²) in [5, 5.41) is 14.4. The second kappa shape index (κ2) is 8.92. The monoisotopic (exact) mass is 320 g/mol. The summed E-state index contributed by atoms with van der Waals surface area (Å²) < 4.78 is 0. The lowest BCUT2D eigenvalue weighted by Gasteiger charge is -2.26. The number of carbonyl (C=O) groups excluding carboxylic acids is 2. The van der Waals surface area contributed by atoms with E-state index in [9.17, 15) is 19.5 Å². The number of carboxylic acids is 1. The van der Waals surface area contributed by atoms with E-state index in [0.717, 1.165) is 5.56 Å². The Bertz CT molecular complexity index is 539. The highest BCUT2D eigenvalue weighted by molar-refractivity contribution is 5.86. The van der Waals surface area contributed by atoms with Crippen molar-refractivity contribution in [2.24, 2.45) is 5.41 Å². The largest absolute Gasteiger partial charge is 0.481 e. The minimum atomic E-state index is -0.955. The molecule has 0 saturated heterocycles. The average Bonchev–Trinajstić information content (AvgIpc) is 2.55. The highest BCUT2D eigenvalue weighted by Crippen LogP contribution is 2.25. The Morgan fingerprint density at radius 1 is 1.00 bits per heavy atom. The predicted molar refractivity (Wildman–Crippen MR) is 86.8 cm³/mol. The van der Waals surface area contributed by atoms with Crippen LogP contribution in [0.25, 0.3) is 0 Å². The molecule has 0 aliphatic heterocycles. The molecule has 0 unspecified atom stereocenters. The van der Waals surface area contributed by atoms with Crippen LogP contribution < -0.4 is 10.6 Å². The maximum Gasteiger partial charge on any atom is 0.311 e. The highest BCUT2D eigenvalue weighted by atomic mass is 16.4. The number of carbonyl (C=O) groups is 3. The molecule has 1 rings (SSSR count). The average molecular weight is 320 g/mol. The smallest absolute Gasteiger partial charge is 0.311 e. The first-order chi connectivity index (χ1) is 10.9. The van der Waals surface area contributed by atoms with Crippen molar-refractivity contribution in [2.45, 2.75) is 33.1 Å². The predicted octanol–water partition coefficient (Wildman–Crippen LogP) is 1.35. The Hall–Kier alpha value is -2.37. The molecule has 3 N–H and O–H groups in total. The van der Waals surface area contributed by atoms with Gasteiger partial charge in [0.1, 0.15) is 0 Å². The maximum absolute atomic E-state index is 11.8. The first-order valence-corrected chi connectivity index (χ1v) is 7.74. The van der Waals surface area contributed by atoms with E-state index in [1.165, 1.54) is 0 Å². The van der Waals surface area contributed by atoms with Crippen molar-refractivity contribution in [2.75, 3.05) is 13.1 Å². The van der Waals surface area contributed by atoms with Crippen LogP contribution in [0.3, 0.4) is 0 Å². The molecular formula is C17H24N2O4. The third kappa shape index (κ3) is 5.73. The van der Waals surface area contributed by atoms with Gasteiger partial charge in [0.25, 0.3) is 0 Å². The molecular weight excluding hydrogens is 296 g/mol. The molecule has 2 amide bonds. The molecule has 23 heavy (non-hydrogen) atoms. The maximum atomic E-state index is 11.8. The van der Waals surface area contributed by atoms with Crippen LogP contribution in [-0.2, 0) is 20.8 Å². The Morgan fingerprint density at radius 2 is 1.61 bits per heavy atom. The minimum absolute atomic E-state index is 0.0583. The summed E-state index contributed by atoms with van der Waals surface area (Å²) in [5.41, 5.74) is -0.0868. The molecule has 0 radical (unpaired) electrons. The lowest BCUT2D eigenvalue weighted by Crippen LogP contribution is -2.45. The van der Waals surface area contributed by atoms with E-state index in [1.807, 2.05) is 30.3 Å². The van der Waals surface area contributed by atoms with Gasteiger partial charge in [0.2, 0.25) is 11.8 Å². The van der Waals surface area contributed by atoms with Crippen LogP contribution in [0, 0.1) is 5.41 Å². The van der Waals surface area contributed by atoms with Crippen molar-refractivity contribution >= 4 is 17.8 Å². The van der Waals surface area contributed by atoms with Crippen LogP contribution in [0.4, 0.5) is 0 Å². The highest BCUT2D eigenvalue weighted by Gasteiger charge is 2.35. The van der Waals surface area contributed by atoms with E-state index in [4.69, 9.17) is 0 Å². The summed E-state index contributed by atoms with van der Waals surface area (Å²) in [7, 11) is 0. The fourth-order valence-electron chi connectivity index (χ4n) is 2.23. The van der Waals surface area contributed by atoms with Crippen LogP contribution in [0.1, 0.15) is 32.3 Å². The molecule has 0 saturated carbocycles.